The lowest BCUT2D eigenvalue weighted by molar-refractivity contribution is -0.116. The molecular formula is C17H21N3O3. The van der Waals surface area contributed by atoms with Crippen LogP contribution in [0, 0.1) is 6.92 Å². The van der Waals surface area contributed by atoms with Crippen LogP contribution in [-0.4, -0.2) is 34.8 Å². The lowest BCUT2D eigenvalue weighted by Crippen LogP contribution is -2.20. The third kappa shape index (κ3) is 4.10. The van der Waals surface area contributed by atoms with Gasteiger partial charge in [0, 0.05) is 19.0 Å². The van der Waals surface area contributed by atoms with Crippen LogP contribution in [0.5, 0.6) is 5.75 Å². The van der Waals surface area contributed by atoms with Crippen LogP contribution in [0.3, 0.4) is 0 Å². The average Bonchev–Trinajstić information content (AvgIpc) is 3.19. The number of imidazole rings is 1. The molecule has 3 rings (SSSR count). The highest BCUT2D eigenvalue weighted by atomic mass is 16.5. The smallest absolute Gasteiger partial charge is 0.244 e. The quantitative estimate of drug-likeness (QED) is 0.889. The number of aromatic nitrogens is 2. The Hall–Kier alpha value is -2.34. The summed E-state index contributed by atoms with van der Waals surface area (Å²) in [7, 11) is 0. The van der Waals surface area contributed by atoms with Crippen LogP contribution in [0.2, 0.25) is 0 Å². The fourth-order valence-electron chi connectivity index (χ4n) is 2.57. The number of aryl methyl sites for hydroxylation is 1. The summed E-state index contributed by atoms with van der Waals surface area (Å²) in [5.41, 5.74) is 0.674. The molecule has 1 N–H and O–H groups in total. The normalized spacial score (nSPS) is 17.2. The van der Waals surface area contributed by atoms with Gasteiger partial charge in [0.15, 0.2) is 0 Å². The average molecular weight is 315 g/mol. The van der Waals surface area contributed by atoms with E-state index in [4.69, 9.17) is 9.47 Å². The molecule has 1 amide bonds. The molecule has 0 saturated carbocycles. The van der Waals surface area contributed by atoms with E-state index in [1.807, 2.05) is 31.2 Å². The lowest BCUT2D eigenvalue weighted by Gasteiger charge is -2.15. The Morgan fingerprint density at radius 3 is 3.09 bits per heavy atom. The summed E-state index contributed by atoms with van der Waals surface area (Å²) in [4.78, 5) is 16.3. The Balaban J connectivity index is 1.60. The first kappa shape index (κ1) is 15.6. The number of ether oxygens (including phenoxy) is 2. The van der Waals surface area contributed by atoms with Crippen molar-refractivity contribution in [2.24, 2.45) is 0 Å². The summed E-state index contributed by atoms with van der Waals surface area (Å²) >= 11 is 0. The second-order valence-electron chi connectivity index (χ2n) is 5.59. The van der Waals surface area contributed by atoms with Gasteiger partial charge < -0.3 is 19.4 Å². The van der Waals surface area contributed by atoms with E-state index in [2.05, 4.69) is 10.3 Å². The monoisotopic (exact) mass is 315 g/mol. The van der Waals surface area contributed by atoms with Gasteiger partial charge in [-0.1, -0.05) is 12.1 Å². The Kier molecular flexibility index (Phi) is 4.92. The minimum atomic E-state index is -0.112. The van der Waals surface area contributed by atoms with Gasteiger partial charge >= 0.3 is 0 Å². The zero-order valence-electron chi connectivity index (χ0n) is 13.2. The number of anilines is 1. The van der Waals surface area contributed by atoms with Crippen molar-refractivity contribution >= 4 is 11.6 Å². The van der Waals surface area contributed by atoms with E-state index in [0.717, 1.165) is 25.3 Å². The third-order valence-electron chi connectivity index (χ3n) is 3.85. The molecule has 1 unspecified atom stereocenters. The summed E-state index contributed by atoms with van der Waals surface area (Å²) < 4.78 is 13.2. The molecule has 1 aromatic carbocycles. The van der Waals surface area contributed by atoms with Crippen molar-refractivity contribution in [3.63, 3.8) is 0 Å². The molecule has 1 aliphatic heterocycles. The first-order valence-corrected chi connectivity index (χ1v) is 7.83. The number of hydrogen-bond donors (Lipinski definition) is 1. The zero-order chi connectivity index (χ0) is 16.1. The molecule has 1 aliphatic rings. The highest BCUT2D eigenvalue weighted by Crippen LogP contribution is 2.25. The molecule has 1 fully saturated rings. The summed E-state index contributed by atoms with van der Waals surface area (Å²) in [6.45, 7) is 3.40. The predicted octanol–water partition coefficient (Wildman–Crippen LogP) is 2.39. The lowest BCUT2D eigenvalue weighted by atomic mass is 10.2. The highest BCUT2D eigenvalue weighted by molar-refractivity contribution is 5.92. The van der Waals surface area contributed by atoms with Crippen molar-refractivity contribution in [1.29, 1.82) is 0 Å². The number of rotatable bonds is 6. The van der Waals surface area contributed by atoms with E-state index >= 15 is 0 Å². The van der Waals surface area contributed by atoms with Gasteiger partial charge in [-0.25, -0.2) is 4.98 Å². The largest absolute Gasteiger partial charge is 0.489 e. The number of carbonyl (C=O) groups excluding carboxylic acids is 1. The predicted molar refractivity (Wildman–Crippen MR) is 86.5 cm³/mol. The fourth-order valence-corrected chi connectivity index (χ4v) is 2.57. The molecule has 2 aromatic rings. The van der Waals surface area contributed by atoms with Crippen LogP contribution in [0.15, 0.2) is 36.7 Å². The third-order valence-corrected chi connectivity index (χ3v) is 3.85. The van der Waals surface area contributed by atoms with Crippen LogP contribution in [0.4, 0.5) is 5.69 Å². The molecular weight excluding hydrogens is 294 g/mol. The molecule has 1 atom stereocenters. The number of carbonyl (C=O) groups is 1. The number of nitrogens with one attached hydrogen (secondary N) is 1. The highest BCUT2D eigenvalue weighted by Gasteiger charge is 2.17. The molecule has 0 radical (unpaired) electrons. The van der Waals surface area contributed by atoms with Gasteiger partial charge in [-0.2, -0.15) is 0 Å². The maximum absolute atomic E-state index is 12.2. The van der Waals surface area contributed by atoms with Gasteiger partial charge in [-0.05, 0) is 31.9 Å². The van der Waals surface area contributed by atoms with Crippen LogP contribution in [0.25, 0.3) is 0 Å². The molecule has 0 bridgehead atoms. The van der Waals surface area contributed by atoms with E-state index in [9.17, 15) is 4.79 Å². The molecule has 6 nitrogen and oxygen atoms in total. The maximum atomic E-state index is 12.2. The van der Waals surface area contributed by atoms with E-state index in [-0.39, 0.29) is 18.6 Å². The SMILES string of the molecule is Cc1nccn1CC(=O)Nc1ccccc1OCC1CCCO1. The first-order valence-electron chi connectivity index (χ1n) is 7.83. The fraction of sp³-hybridized carbons (Fsp3) is 0.412. The Morgan fingerprint density at radius 1 is 1.48 bits per heavy atom. The Bertz CT molecular complexity index is 663. The van der Waals surface area contributed by atoms with Crippen LogP contribution in [0.1, 0.15) is 18.7 Å². The van der Waals surface area contributed by atoms with Crippen LogP contribution in [-0.2, 0) is 16.1 Å². The zero-order valence-corrected chi connectivity index (χ0v) is 13.2. The summed E-state index contributed by atoms with van der Waals surface area (Å²) in [6.07, 6.45) is 5.72. The topological polar surface area (TPSA) is 65.4 Å². The second kappa shape index (κ2) is 7.28. The van der Waals surface area contributed by atoms with E-state index in [1.165, 1.54) is 0 Å². The van der Waals surface area contributed by atoms with Crippen molar-refractivity contribution in [3.05, 3.63) is 42.5 Å². The Labute approximate surface area is 135 Å². The van der Waals surface area contributed by atoms with Crippen LogP contribution < -0.4 is 10.1 Å². The number of amides is 1. The summed E-state index contributed by atoms with van der Waals surface area (Å²) in [5.74, 6) is 1.36. The standard InChI is InChI=1S/C17H21N3O3/c1-13-18-8-9-20(13)11-17(21)19-15-6-2-3-7-16(15)23-12-14-5-4-10-22-14/h2-3,6-9,14H,4-5,10-12H2,1H3,(H,19,21). The van der Waals surface area contributed by atoms with E-state index in [1.54, 1.807) is 17.0 Å². The molecule has 23 heavy (non-hydrogen) atoms. The number of nitrogens with zero attached hydrogens (tertiary/aromatic N) is 2. The number of para-hydroxylation sites is 2. The molecule has 1 saturated heterocycles. The molecule has 0 spiro atoms. The summed E-state index contributed by atoms with van der Waals surface area (Å²) in [5, 5.41) is 2.90. The van der Waals surface area contributed by atoms with Gasteiger partial charge in [-0.15, -0.1) is 0 Å². The van der Waals surface area contributed by atoms with Gasteiger partial charge in [0.1, 0.15) is 24.7 Å². The van der Waals surface area contributed by atoms with Crippen molar-refractivity contribution in [2.45, 2.75) is 32.4 Å². The van der Waals surface area contributed by atoms with E-state index in [0.29, 0.717) is 18.0 Å². The molecule has 1 aromatic heterocycles. The van der Waals surface area contributed by atoms with Crippen molar-refractivity contribution in [3.8, 4) is 5.75 Å². The number of benzene rings is 1. The van der Waals surface area contributed by atoms with Gasteiger partial charge in [-0.3, -0.25) is 4.79 Å². The van der Waals surface area contributed by atoms with Crippen molar-refractivity contribution in [2.75, 3.05) is 18.5 Å². The van der Waals surface area contributed by atoms with Crippen LogP contribution >= 0.6 is 0 Å². The molecule has 2 heterocycles. The molecule has 6 heteroatoms. The Morgan fingerprint density at radius 2 is 2.35 bits per heavy atom. The molecule has 122 valence electrons. The van der Waals surface area contributed by atoms with Gasteiger partial charge in [0.05, 0.1) is 11.8 Å². The minimum Gasteiger partial charge on any atom is -0.489 e. The number of hydrogen-bond acceptors (Lipinski definition) is 4. The van der Waals surface area contributed by atoms with Crippen molar-refractivity contribution in [1.82, 2.24) is 9.55 Å². The van der Waals surface area contributed by atoms with Gasteiger partial charge in [0.25, 0.3) is 0 Å². The van der Waals surface area contributed by atoms with Gasteiger partial charge in [0.2, 0.25) is 5.91 Å². The summed E-state index contributed by atoms with van der Waals surface area (Å²) in [6, 6.07) is 7.45. The second-order valence-corrected chi connectivity index (χ2v) is 5.59. The maximum Gasteiger partial charge on any atom is 0.244 e. The van der Waals surface area contributed by atoms with Crippen molar-refractivity contribution < 1.29 is 14.3 Å². The first-order chi connectivity index (χ1) is 11.2. The molecule has 0 aliphatic carbocycles. The minimum absolute atomic E-state index is 0.112. The van der Waals surface area contributed by atoms with E-state index < -0.39 is 0 Å².